The third-order valence-electron chi connectivity index (χ3n) is 4.20. The fourth-order valence-corrected chi connectivity index (χ4v) is 2.82. The van der Waals surface area contributed by atoms with Crippen LogP contribution in [0.25, 0.3) is 0 Å². The summed E-state index contributed by atoms with van der Waals surface area (Å²) in [7, 11) is 0. The molecule has 0 fully saturated rings. The van der Waals surface area contributed by atoms with Crippen molar-refractivity contribution in [2.75, 3.05) is 13.2 Å². The Balaban J connectivity index is 1.60. The molecule has 0 aliphatic heterocycles. The van der Waals surface area contributed by atoms with Crippen molar-refractivity contribution in [3.05, 3.63) is 102 Å². The largest absolute Gasteiger partial charge is 0.492 e. The predicted octanol–water partition coefficient (Wildman–Crippen LogP) is 5.08. The van der Waals surface area contributed by atoms with Gasteiger partial charge in [0.05, 0.1) is 0 Å². The molecule has 0 amide bonds. The molecule has 3 rings (SSSR count). The van der Waals surface area contributed by atoms with Crippen molar-refractivity contribution in [3.63, 3.8) is 0 Å². The topological polar surface area (TPSA) is 12.5 Å². The van der Waals surface area contributed by atoms with Gasteiger partial charge in [0.15, 0.2) is 0 Å². The predicted molar refractivity (Wildman–Crippen MR) is 104 cm³/mol. The van der Waals surface area contributed by atoms with Gasteiger partial charge in [0.1, 0.15) is 12.4 Å². The van der Waals surface area contributed by atoms with E-state index in [0.717, 1.165) is 25.4 Å². The van der Waals surface area contributed by atoms with Gasteiger partial charge in [-0.1, -0.05) is 78.4 Å². The number of hydrogen-bond donors (Lipinski definition) is 0. The molecule has 3 aromatic rings. The van der Waals surface area contributed by atoms with E-state index in [2.05, 4.69) is 84.6 Å². The smallest absolute Gasteiger partial charge is 0.119 e. The molecule has 0 N–H and O–H groups in total. The molecule has 2 heteroatoms. The Kier molecular flexibility index (Phi) is 6.24. The molecule has 0 radical (unpaired) electrons. The maximum absolute atomic E-state index is 5.93. The monoisotopic (exact) mass is 331 g/mol. The number of hydrogen-bond acceptors (Lipinski definition) is 2. The van der Waals surface area contributed by atoms with Crippen LogP contribution in [0.3, 0.4) is 0 Å². The molecule has 0 heterocycles. The number of rotatable bonds is 8. The highest BCUT2D eigenvalue weighted by atomic mass is 16.5. The Morgan fingerprint density at radius 3 is 1.72 bits per heavy atom. The lowest BCUT2D eigenvalue weighted by Gasteiger charge is -2.23. The summed E-state index contributed by atoms with van der Waals surface area (Å²) in [6.45, 7) is 5.51. The Bertz CT molecular complexity index is 697. The molecule has 128 valence electrons. The van der Waals surface area contributed by atoms with Crippen molar-refractivity contribution < 1.29 is 4.74 Å². The van der Waals surface area contributed by atoms with Crippen molar-refractivity contribution in [2.45, 2.75) is 20.0 Å². The quantitative estimate of drug-likeness (QED) is 0.571. The Morgan fingerprint density at radius 2 is 1.20 bits per heavy atom. The summed E-state index contributed by atoms with van der Waals surface area (Å²) in [5.41, 5.74) is 3.91. The van der Waals surface area contributed by atoms with Gasteiger partial charge in [-0.15, -0.1) is 0 Å². The molecule has 2 nitrogen and oxygen atoms in total. The molecule has 25 heavy (non-hydrogen) atoms. The fraction of sp³-hybridized carbons (Fsp3) is 0.217. The highest BCUT2D eigenvalue weighted by Gasteiger charge is 2.07. The van der Waals surface area contributed by atoms with E-state index < -0.39 is 0 Å². The van der Waals surface area contributed by atoms with Gasteiger partial charge in [-0.25, -0.2) is 0 Å². The molecule has 0 aromatic heterocycles. The second kappa shape index (κ2) is 9.05. The molecule has 0 aliphatic carbocycles. The first-order chi connectivity index (χ1) is 12.3. The number of ether oxygens (including phenoxy) is 1. The van der Waals surface area contributed by atoms with E-state index in [1.807, 2.05) is 12.1 Å². The van der Waals surface area contributed by atoms with E-state index in [0.29, 0.717) is 6.61 Å². The second-order valence-corrected chi connectivity index (χ2v) is 6.34. The van der Waals surface area contributed by atoms with Gasteiger partial charge in [0.2, 0.25) is 0 Å². The van der Waals surface area contributed by atoms with E-state index >= 15 is 0 Å². The van der Waals surface area contributed by atoms with Crippen molar-refractivity contribution in [1.82, 2.24) is 4.90 Å². The van der Waals surface area contributed by atoms with Gasteiger partial charge in [0, 0.05) is 19.6 Å². The average molecular weight is 331 g/mol. The molecular weight excluding hydrogens is 306 g/mol. The van der Waals surface area contributed by atoms with Crippen LogP contribution in [0.2, 0.25) is 0 Å². The first-order valence-corrected chi connectivity index (χ1v) is 8.79. The van der Waals surface area contributed by atoms with Crippen LogP contribution >= 0.6 is 0 Å². The molecule has 0 atom stereocenters. The van der Waals surface area contributed by atoms with Crippen molar-refractivity contribution >= 4 is 0 Å². The zero-order valence-electron chi connectivity index (χ0n) is 14.8. The van der Waals surface area contributed by atoms with Crippen LogP contribution in [-0.2, 0) is 13.1 Å². The maximum atomic E-state index is 5.93. The van der Waals surface area contributed by atoms with E-state index in [9.17, 15) is 0 Å². The van der Waals surface area contributed by atoms with Crippen LogP contribution in [0.4, 0.5) is 0 Å². The highest BCUT2D eigenvalue weighted by molar-refractivity contribution is 5.26. The standard InChI is InChI=1S/C23H25NO/c1-20-12-14-23(15-13-20)25-17-16-24(18-21-8-4-2-5-9-21)19-22-10-6-3-7-11-22/h2-15H,16-19H2,1H3. The molecule has 0 spiro atoms. The number of benzene rings is 3. The fourth-order valence-electron chi connectivity index (χ4n) is 2.82. The third kappa shape index (κ3) is 5.77. The molecule has 0 bridgehead atoms. The normalized spacial score (nSPS) is 10.8. The molecule has 0 unspecified atom stereocenters. The molecule has 0 saturated carbocycles. The van der Waals surface area contributed by atoms with Gasteiger partial charge in [-0.05, 0) is 30.2 Å². The van der Waals surface area contributed by atoms with Gasteiger partial charge < -0.3 is 4.74 Å². The van der Waals surface area contributed by atoms with Gasteiger partial charge in [0.25, 0.3) is 0 Å². The molecule has 3 aromatic carbocycles. The summed E-state index contributed by atoms with van der Waals surface area (Å²) in [6.07, 6.45) is 0. The first-order valence-electron chi connectivity index (χ1n) is 8.79. The van der Waals surface area contributed by atoms with Crippen LogP contribution in [0.5, 0.6) is 5.75 Å². The van der Waals surface area contributed by atoms with Crippen LogP contribution in [0.1, 0.15) is 16.7 Å². The second-order valence-electron chi connectivity index (χ2n) is 6.34. The van der Waals surface area contributed by atoms with Gasteiger partial charge >= 0.3 is 0 Å². The summed E-state index contributed by atoms with van der Waals surface area (Å²) in [5, 5.41) is 0. The minimum absolute atomic E-state index is 0.683. The van der Waals surface area contributed by atoms with E-state index in [1.54, 1.807) is 0 Å². The van der Waals surface area contributed by atoms with Crippen LogP contribution in [0.15, 0.2) is 84.9 Å². The summed E-state index contributed by atoms with van der Waals surface area (Å²) >= 11 is 0. The lowest BCUT2D eigenvalue weighted by atomic mass is 10.1. The maximum Gasteiger partial charge on any atom is 0.119 e. The minimum atomic E-state index is 0.683. The Labute approximate surface area is 150 Å². The zero-order chi connectivity index (χ0) is 17.3. The lowest BCUT2D eigenvalue weighted by molar-refractivity contribution is 0.196. The van der Waals surface area contributed by atoms with Crippen LogP contribution in [-0.4, -0.2) is 18.1 Å². The summed E-state index contributed by atoms with van der Waals surface area (Å²) in [4.78, 5) is 2.43. The molecule has 0 aliphatic rings. The third-order valence-corrected chi connectivity index (χ3v) is 4.20. The summed E-state index contributed by atoms with van der Waals surface area (Å²) in [5.74, 6) is 0.935. The van der Waals surface area contributed by atoms with Gasteiger partial charge in [-0.3, -0.25) is 4.90 Å². The lowest BCUT2D eigenvalue weighted by Crippen LogP contribution is -2.27. The molecule has 0 saturated heterocycles. The van der Waals surface area contributed by atoms with Gasteiger partial charge in [-0.2, -0.15) is 0 Å². The van der Waals surface area contributed by atoms with Crippen molar-refractivity contribution in [3.8, 4) is 5.75 Å². The van der Waals surface area contributed by atoms with Crippen molar-refractivity contribution in [2.24, 2.45) is 0 Å². The van der Waals surface area contributed by atoms with Crippen molar-refractivity contribution in [1.29, 1.82) is 0 Å². The summed E-state index contributed by atoms with van der Waals surface area (Å²) in [6, 6.07) is 29.5. The first kappa shape index (κ1) is 17.2. The van der Waals surface area contributed by atoms with Crippen LogP contribution in [0, 0.1) is 6.92 Å². The molecular formula is C23H25NO. The minimum Gasteiger partial charge on any atom is -0.492 e. The van der Waals surface area contributed by atoms with E-state index in [4.69, 9.17) is 4.74 Å². The van der Waals surface area contributed by atoms with Crippen LogP contribution < -0.4 is 4.74 Å². The highest BCUT2D eigenvalue weighted by Crippen LogP contribution is 2.13. The summed E-state index contributed by atoms with van der Waals surface area (Å²) < 4.78 is 5.93. The van der Waals surface area contributed by atoms with E-state index in [1.165, 1.54) is 16.7 Å². The zero-order valence-corrected chi connectivity index (χ0v) is 14.8. The Morgan fingerprint density at radius 1 is 0.680 bits per heavy atom. The SMILES string of the molecule is Cc1ccc(OCCN(Cc2ccccc2)Cc2ccccc2)cc1. The average Bonchev–Trinajstić information content (AvgIpc) is 2.65. The Hall–Kier alpha value is -2.58. The van der Waals surface area contributed by atoms with E-state index in [-0.39, 0.29) is 0 Å². The number of nitrogens with zero attached hydrogens (tertiary/aromatic N) is 1. The number of aryl methyl sites for hydroxylation is 1.